The quantitative estimate of drug-likeness (QED) is 0.280. The number of ether oxygens (including phenoxy) is 2. The van der Waals surface area contributed by atoms with Crippen molar-refractivity contribution in [1.82, 2.24) is 15.0 Å². The van der Waals surface area contributed by atoms with E-state index in [9.17, 15) is 14.0 Å². The van der Waals surface area contributed by atoms with Crippen LogP contribution < -0.4 is 15.8 Å². The molecular weight excluding hydrogens is 461 g/mol. The molecule has 0 saturated heterocycles. The van der Waals surface area contributed by atoms with Crippen LogP contribution in [0.2, 0.25) is 0 Å². The van der Waals surface area contributed by atoms with Gasteiger partial charge in [0.15, 0.2) is 16.7 Å². The van der Waals surface area contributed by atoms with Crippen molar-refractivity contribution in [1.29, 1.82) is 0 Å². The summed E-state index contributed by atoms with van der Waals surface area (Å²) >= 11 is 1.29. The summed E-state index contributed by atoms with van der Waals surface area (Å²) in [5, 5.41) is 3.34. The second kappa shape index (κ2) is 11.3. The standard InChI is InChI=1S/C20H18FN5O4S.ClH/c1-3-29-19(28)13-10-24-20(31-2)26-18(13)25-11-4-5-16(14(21)8-11)30-12-6-7-23-15(9-12)17(22)27;/h4-10H,3H2,1-2H3,(H2,22,27)(H,24,25,26);1H. The topological polar surface area (TPSA) is 129 Å². The molecule has 0 fully saturated rings. The molecule has 0 spiro atoms. The summed E-state index contributed by atoms with van der Waals surface area (Å²) in [6.07, 6.45) is 4.48. The number of nitrogens with one attached hydrogen (secondary N) is 1. The van der Waals surface area contributed by atoms with Gasteiger partial charge in [-0.3, -0.25) is 9.78 Å². The number of anilines is 2. The van der Waals surface area contributed by atoms with Gasteiger partial charge in [-0.15, -0.1) is 12.4 Å². The Morgan fingerprint density at radius 1 is 1.22 bits per heavy atom. The summed E-state index contributed by atoms with van der Waals surface area (Å²) < 4.78 is 25.1. The zero-order valence-electron chi connectivity index (χ0n) is 17.0. The molecule has 32 heavy (non-hydrogen) atoms. The van der Waals surface area contributed by atoms with Gasteiger partial charge in [0, 0.05) is 30.2 Å². The van der Waals surface area contributed by atoms with Crippen molar-refractivity contribution in [2.24, 2.45) is 5.73 Å². The summed E-state index contributed by atoms with van der Waals surface area (Å²) in [5.41, 5.74) is 5.63. The van der Waals surface area contributed by atoms with Crippen molar-refractivity contribution in [2.75, 3.05) is 18.2 Å². The van der Waals surface area contributed by atoms with Crippen molar-refractivity contribution in [2.45, 2.75) is 12.1 Å². The van der Waals surface area contributed by atoms with Gasteiger partial charge in [0.25, 0.3) is 5.91 Å². The lowest BCUT2D eigenvalue weighted by atomic mass is 10.2. The molecule has 168 valence electrons. The minimum absolute atomic E-state index is 0. The van der Waals surface area contributed by atoms with Crippen molar-refractivity contribution in [3.05, 3.63) is 59.8 Å². The van der Waals surface area contributed by atoms with E-state index in [-0.39, 0.29) is 47.6 Å². The summed E-state index contributed by atoms with van der Waals surface area (Å²) in [6.45, 7) is 1.88. The fourth-order valence-corrected chi connectivity index (χ4v) is 2.79. The summed E-state index contributed by atoms with van der Waals surface area (Å²) in [7, 11) is 0. The van der Waals surface area contributed by atoms with E-state index in [0.29, 0.717) is 10.8 Å². The molecule has 1 amide bonds. The molecule has 2 heterocycles. The lowest BCUT2D eigenvalue weighted by Gasteiger charge is -2.12. The number of amides is 1. The van der Waals surface area contributed by atoms with Gasteiger partial charge in [-0.05, 0) is 31.4 Å². The number of rotatable bonds is 8. The number of pyridine rings is 1. The Hall–Kier alpha value is -3.44. The average Bonchev–Trinajstić information content (AvgIpc) is 2.76. The molecule has 0 radical (unpaired) electrons. The maximum atomic E-state index is 14.6. The summed E-state index contributed by atoms with van der Waals surface area (Å²) in [6, 6.07) is 6.90. The Labute approximate surface area is 193 Å². The number of nitrogens with zero attached hydrogens (tertiary/aromatic N) is 3. The molecule has 3 N–H and O–H groups in total. The van der Waals surface area contributed by atoms with E-state index in [4.69, 9.17) is 15.2 Å². The third kappa shape index (κ3) is 6.05. The highest BCUT2D eigenvalue weighted by atomic mass is 35.5. The van der Waals surface area contributed by atoms with Crippen LogP contribution in [0.1, 0.15) is 27.8 Å². The number of carbonyl (C=O) groups is 2. The van der Waals surface area contributed by atoms with Crippen molar-refractivity contribution in [3.63, 3.8) is 0 Å². The zero-order valence-corrected chi connectivity index (χ0v) is 18.6. The van der Waals surface area contributed by atoms with Crippen molar-refractivity contribution in [3.8, 4) is 11.5 Å². The number of halogens is 2. The molecule has 2 aromatic heterocycles. The van der Waals surface area contributed by atoms with E-state index in [1.165, 1.54) is 48.4 Å². The van der Waals surface area contributed by atoms with Crippen molar-refractivity contribution >= 4 is 47.6 Å². The van der Waals surface area contributed by atoms with Gasteiger partial charge in [0.05, 0.1) is 6.61 Å². The Kier molecular flexibility index (Phi) is 8.73. The van der Waals surface area contributed by atoms with Crippen LogP contribution >= 0.6 is 24.2 Å². The van der Waals surface area contributed by atoms with Crippen LogP contribution in [0.3, 0.4) is 0 Å². The van der Waals surface area contributed by atoms with Crippen LogP contribution in [0.5, 0.6) is 11.5 Å². The Bertz CT molecular complexity index is 1130. The van der Waals surface area contributed by atoms with E-state index in [2.05, 4.69) is 20.3 Å². The highest BCUT2D eigenvalue weighted by Crippen LogP contribution is 2.29. The van der Waals surface area contributed by atoms with Gasteiger partial charge in [-0.1, -0.05) is 11.8 Å². The molecular formula is C20H19ClFN5O4S. The first-order valence-electron chi connectivity index (χ1n) is 8.99. The number of primary amides is 1. The lowest BCUT2D eigenvalue weighted by molar-refractivity contribution is 0.0526. The molecule has 0 aliphatic rings. The lowest BCUT2D eigenvalue weighted by Crippen LogP contribution is -2.12. The number of hydrogen-bond acceptors (Lipinski definition) is 9. The minimum Gasteiger partial charge on any atom is -0.462 e. The largest absolute Gasteiger partial charge is 0.462 e. The van der Waals surface area contributed by atoms with Crippen LogP contribution in [-0.4, -0.2) is 39.7 Å². The fourth-order valence-electron chi connectivity index (χ4n) is 2.45. The number of carbonyl (C=O) groups excluding carboxylic acids is 2. The number of hydrogen-bond donors (Lipinski definition) is 2. The van der Waals surface area contributed by atoms with Gasteiger partial charge in [-0.2, -0.15) is 0 Å². The van der Waals surface area contributed by atoms with Crippen LogP contribution in [0.15, 0.2) is 47.9 Å². The highest BCUT2D eigenvalue weighted by Gasteiger charge is 2.17. The fraction of sp³-hybridized carbons (Fsp3) is 0.150. The predicted molar refractivity (Wildman–Crippen MR) is 120 cm³/mol. The molecule has 12 heteroatoms. The molecule has 3 aromatic rings. The molecule has 0 unspecified atom stereocenters. The molecule has 0 saturated carbocycles. The third-order valence-electron chi connectivity index (χ3n) is 3.85. The molecule has 9 nitrogen and oxygen atoms in total. The van der Waals surface area contributed by atoms with Crippen LogP contribution in [0, 0.1) is 5.82 Å². The molecule has 3 rings (SSSR count). The van der Waals surface area contributed by atoms with E-state index in [0.717, 1.165) is 0 Å². The first kappa shape index (κ1) is 24.8. The first-order chi connectivity index (χ1) is 14.9. The summed E-state index contributed by atoms with van der Waals surface area (Å²) in [5.74, 6) is -1.69. The summed E-state index contributed by atoms with van der Waals surface area (Å²) in [4.78, 5) is 35.6. The van der Waals surface area contributed by atoms with E-state index in [1.54, 1.807) is 19.2 Å². The van der Waals surface area contributed by atoms with Gasteiger partial charge in [0.1, 0.15) is 22.8 Å². The van der Waals surface area contributed by atoms with Gasteiger partial charge >= 0.3 is 5.97 Å². The maximum Gasteiger partial charge on any atom is 0.343 e. The third-order valence-corrected chi connectivity index (χ3v) is 4.41. The number of nitrogens with two attached hydrogens (primary N) is 1. The zero-order chi connectivity index (χ0) is 22.4. The minimum atomic E-state index is -0.725. The molecule has 0 atom stereocenters. The maximum absolute atomic E-state index is 14.6. The van der Waals surface area contributed by atoms with Crippen LogP contribution in [0.4, 0.5) is 15.9 Å². The second-order valence-electron chi connectivity index (χ2n) is 5.95. The molecule has 0 aliphatic carbocycles. The Morgan fingerprint density at radius 3 is 2.66 bits per heavy atom. The Balaban J connectivity index is 0.00000363. The average molecular weight is 480 g/mol. The van der Waals surface area contributed by atoms with Gasteiger partial charge in [0.2, 0.25) is 0 Å². The highest BCUT2D eigenvalue weighted by molar-refractivity contribution is 7.98. The first-order valence-corrected chi connectivity index (χ1v) is 10.2. The predicted octanol–water partition coefficient (Wildman–Crippen LogP) is 3.97. The number of aromatic nitrogens is 3. The molecule has 0 aliphatic heterocycles. The SMILES string of the molecule is CCOC(=O)c1cnc(SC)nc1Nc1ccc(Oc2ccnc(C(N)=O)c2)c(F)c1.Cl. The van der Waals surface area contributed by atoms with Crippen molar-refractivity contribution < 1.29 is 23.5 Å². The monoisotopic (exact) mass is 479 g/mol. The normalized spacial score (nSPS) is 10.1. The van der Waals surface area contributed by atoms with Crippen LogP contribution in [-0.2, 0) is 4.74 Å². The van der Waals surface area contributed by atoms with E-state index in [1.807, 2.05) is 0 Å². The number of thioether (sulfide) groups is 1. The van der Waals surface area contributed by atoms with E-state index >= 15 is 0 Å². The Morgan fingerprint density at radius 2 is 2.00 bits per heavy atom. The number of esters is 1. The van der Waals surface area contributed by atoms with Gasteiger partial charge < -0.3 is 20.5 Å². The number of benzene rings is 1. The molecule has 1 aromatic carbocycles. The second-order valence-corrected chi connectivity index (χ2v) is 6.73. The molecule has 0 bridgehead atoms. The smallest absolute Gasteiger partial charge is 0.343 e. The van der Waals surface area contributed by atoms with E-state index < -0.39 is 17.7 Å². The van der Waals surface area contributed by atoms with Crippen LogP contribution in [0.25, 0.3) is 0 Å². The van der Waals surface area contributed by atoms with Gasteiger partial charge in [-0.25, -0.2) is 19.2 Å².